The molecule has 1 heterocycles. The maximum absolute atomic E-state index is 13.6. The number of hydrogen-bond acceptors (Lipinski definition) is 3. The van der Waals surface area contributed by atoms with E-state index in [4.69, 9.17) is 16.3 Å². The Morgan fingerprint density at radius 3 is 3.06 bits per heavy atom. The fourth-order valence-electron chi connectivity index (χ4n) is 1.23. The third-order valence-corrected chi connectivity index (χ3v) is 2.99. The predicted molar refractivity (Wildman–Crippen MR) is 64.9 cm³/mol. The maximum Gasteiger partial charge on any atom is 0.184 e. The van der Waals surface area contributed by atoms with Gasteiger partial charge in [-0.05, 0) is 18.6 Å². The Morgan fingerprint density at radius 2 is 2.38 bits per heavy atom. The third-order valence-electron chi connectivity index (χ3n) is 1.88. The van der Waals surface area contributed by atoms with E-state index in [0.29, 0.717) is 21.5 Å². The van der Waals surface area contributed by atoms with Crippen molar-refractivity contribution >= 4 is 33.2 Å². The van der Waals surface area contributed by atoms with E-state index in [1.165, 1.54) is 17.4 Å². The van der Waals surface area contributed by atoms with Crippen LogP contribution in [0.1, 0.15) is 6.92 Å². The van der Waals surface area contributed by atoms with Gasteiger partial charge in [-0.15, -0.1) is 11.3 Å². The molecule has 0 saturated carbocycles. The summed E-state index contributed by atoms with van der Waals surface area (Å²) >= 11 is 6.95. The monoisotopic (exact) mass is 257 g/mol. The van der Waals surface area contributed by atoms with Crippen LogP contribution in [0.25, 0.3) is 10.2 Å². The molecule has 2 rings (SSSR count). The molecule has 1 aromatic carbocycles. The number of aromatic nitrogens is 1. The molecule has 84 valence electrons. The molecule has 0 spiro atoms. The minimum absolute atomic E-state index is 0.290. The van der Waals surface area contributed by atoms with Crippen molar-refractivity contribution in [3.8, 4) is 5.75 Å². The average Bonchev–Trinajstić information content (AvgIpc) is 2.56. The maximum atomic E-state index is 13.6. The van der Waals surface area contributed by atoms with Crippen molar-refractivity contribution in [1.29, 1.82) is 0 Å². The summed E-state index contributed by atoms with van der Waals surface area (Å²) in [7, 11) is 0. The molecular formula is C11H9ClFNOS. The van der Waals surface area contributed by atoms with E-state index in [0.717, 1.165) is 5.57 Å². The van der Waals surface area contributed by atoms with Crippen molar-refractivity contribution < 1.29 is 9.13 Å². The van der Waals surface area contributed by atoms with Gasteiger partial charge in [0, 0.05) is 6.07 Å². The van der Waals surface area contributed by atoms with Crippen LogP contribution in [-0.2, 0) is 0 Å². The van der Waals surface area contributed by atoms with Crippen LogP contribution in [0, 0.1) is 5.82 Å². The summed E-state index contributed by atoms with van der Waals surface area (Å²) in [6.07, 6.45) is 0. The van der Waals surface area contributed by atoms with Crippen molar-refractivity contribution in [2.24, 2.45) is 0 Å². The molecule has 0 unspecified atom stereocenters. The molecule has 1 aromatic heterocycles. The van der Waals surface area contributed by atoms with Crippen LogP contribution in [0.5, 0.6) is 5.75 Å². The minimum atomic E-state index is -0.419. The van der Waals surface area contributed by atoms with E-state index < -0.39 is 5.82 Å². The molecule has 2 nitrogen and oxygen atoms in total. The normalized spacial score (nSPS) is 10.7. The molecular weight excluding hydrogens is 249 g/mol. The summed E-state index contributed by atoms with van der Waals surface area (Å²) in [6, 6.07) is 3.03. The molecule has 0 bridgehead atoms. The first-order valence-electron chi connectivity index (χ1n) is 4.59. The van der Waals surface area contributed by atoms with Gasteiger partial charge in [0.15, 0.2) is 10.3 Å². The smallest absolute Gasteiger partial charge is 0.184 e. The van der Waals surface area contributed by atoms with Crippen molar-refractivity contribution in [3.05, 3.63) is 34.6 Å². The number of thiazole rings is 1. The van der Waals surface area contributed by atoms with Crippen LogP contribution < -0.4 is 4.74 Å². The lowest BCUT2D eigenvalue weighted by Crippen LogP contribution is -1.97. The highest BCUT2D eigenvalue weighted by Gasteiger charge is 2.09. The van der Waals surface area contributed by atoms with E-state index in [9.17, 15) is 4.39 Å². The Hall–Kier alpha value is -1.13. The standard InChI is InChI=1S/C11H9ClFNOS/c1-6(2)5-15-7-3-8(13)10-9(4-7)16-11(12)14-10/h3-4H,1,5H2,2H3. The predicted octanol–water partition coefficient (Wildman–Crippen LogP) is 4.04. The van der Waals surface area contributed by atoms with Crippen molar-refractivity contribution in [2.45, 2.75) is 6.92 Å². The van der Waals surface area contributed by atoms with E-state index >= 15 is 0 Å². The SMILES string of the molecule is C=C(C)COc1cc(F)c2nc(Cl)sc2c1. The molecule has 0 saturated heterocycles. The fraction of sp³-hybridized carbons (Fsp3) is 0.182. The van der Waals surface area contributed by atoms with E-state index in [-0.39, 0.29) is 5.52 Å². The van der Waals surface area contributed by atoms with Crippen LogP contribution >= 0.6 is 22.9 Å². The molecule has 0 aliphatic rings. The topological polar surface area (TPSA) is 22.1 Å². The molecule has 0 aliphatic carbocycles. The first-order valence-corrected chi connectivity index (χ1v) is 5.78. The van der Waals surface area contributed by atoms with E-state index in [1.807, 2.05) is 6.92 Å². The number of rotatable bonds is 3. The highest BCUT2D eigenvalue weighted by Crippen LogP contribution is 2.31. The molecule has 0 N–H and O–H groups in total. The van der Waals surface area contributed by atoms with Crippen LogP contribution in [0.2, 0.25) is 4.47 Å². The van der Waals surface area contributed by atoms with Crippen LogP contribution in [0.15, 0.2) is 24.3 Å². The van der Waals surface area contributed by atoms with Gasteiger partial charge in [0.1, 0.15) is 17.9 Å². The summed E-state index contributed by atoms with van der Waals surface area (Å²) in [5, 5.41) is 0. The number of nitrogens with zero attached hydrogens (tertiary/aromatic N) is 1. The second-order valence-corrected chi connectivity index (χ2v) is 5.08. The number of halogens is 2. The zero-order chi connectivity index (χ0) is 11.7. The van der Waals surface area contributed by atoms with Crippen LogP contribution in [0.3, 0.4) is 0 Å². The number of fused-ring (bicyclic) bond motifs is 1. The highest BCUT2D eigenvalue weighted by molar-refractivity contribution is 7.22. The Bertz CT molecular complexity index is 552. The van der Waals surface area contributed by atoms with Crippen LogP contribution in [-0.4, -0.2) is 11.6 Å². The van der Waals surface area contributed by atoms with E-state index in [1.54, 1.807) is 6.07 Å². The second-order valence-electron chi connectivity index (χ2n) is 3.46. The van der Waals surface area contributed by atoms with Gasteiger partial charge < -0.3 is 4.74 Å². The summed E-state index contributed by atoms with van der Waals surface area (Å²) in [5.41, 5.74) is 1.17. The van der Waals surface area contributed by atoms with Gasteiger partial charge in [-0.25, -0.2) is 9.37 Å². The van der Waals surface area contributed by atoms with Gasteiger partial charge in [-0.1, -0.05) is 18.2 Å². The quantitative estimate of drug-likeness (QED) is 0.774. The summed E-state index contributed by atoms with van der Waals surface area (Å²) in [6.45, 7) is 5.93. The average molecular weight is 258 g/mol. The van der Waals surface area contributed by atoms with Crippen molar-refractivity contribution in [3.63, 3.8) is 0 Å². The van der Waals surface area contributed by atoms with Gasteiger partial charge >= 0.3 is 0 Å². The zero-order valence-electron chi connectivity index (χ0n) is 8.59. The molecule has 0 amide bonds. The van der Waals surface area contributed by atoms with Gasteiger partial charge in [-0.3, -0.25) is 0 Å². The lowest BCUT2D eigenvalue weighted by Gasteiger charge is -2.05. The molecule has 0 fully saturated rings. The largest absolute Gasteiger partial charge is 0.489 e. The van der Waals surface area contributed by atoms with Crippen LogP contribution in [0.4, 0.5) is 4.39 Å². The van der Waals surface area contributed by atoms with Gasteiger partial charge in [0.25, 0.3) is 0 Å². The second kappa shape index (κ2) is 4.39. The Kier molecular flexibility index (Phi) is 3.12. The lowest BCUT2D eigenvalue weighted by atomic mass is 10.3. The Balaban J connectivity index is 2.37. The Morgan fingerprint density at radius 1 is 1.62 bits per heavy atom. The van der Waals surface area contributed by atoms with Gasteiger partial charge in [0.05, 0.1) is 4.70 Å². The van der Waals surface area contributed by atoms with Crippen molar-refractivity contribution in [2.75, 3.05) is 6.61 Å². The molecule has 0 atom stereocenters. The molecule has 2 aromatic rings. The zero-order valence-corrected chi connectivity index (χ0v) is 10.2. The van der Waals surface area contributed by atoms with Crippen molar-refractivity contribution in [1.82, 2.24) is 4.98 Å². The van der Waals surface area contributed by atoms with E-state index in [2.05, 4.69) is 11.6 Å². The molecule has 5 heteroatoms. The molecule has 0 radical (unpaired) electrons. The number of hydrogen-bond donors (Lipinski definition) is 0. The Labute approximate surface area is 101 Å². The third kappa shape index (κ3) is 2.33. The minimum Gasteiger partial charge on any atom is -0.489 e. The lowest BCUT2D eigenvalue weighted by molar-refractivity contribution is 0.351. The first-order chi connectivity index (χ1) is 7.56. The summed E-state index contributed by atoms with van der Waals surface area (Å²) in [4.78, 5) is 3.88. The highest BCUT2D eigenvalue weighted by atomic mass is 35.5. The number of ether oxygens (including phenoxy) is 1. The van der Waals surface area contributed by atoms with Gasteiger partial charge in [-0.2, -0.15) is 0 Å². The molecule has 0 aliphatic heterocycles. The first kappa shape index (κ1) is 11.4. The van der Waals surface area contributed by atoms with Gasteiger partial charge in [0.2, 0.25) is 0 Å². The molecule has 16 heavy (non-hydrogen) atoms. The number of benzene rings is 1. The summed E-state index contributed by atoms with van der Waals surface area (Å²) < 4.78 is 19.9. The fourth-order valence-corrected chi connectivity index (χ4v) is 2.29. The summed E-state index contributed by atoms with van der Waals surface area (Å²) in [5.74, 6) is 0.0469.